The summed E-state index contributed by atoms with van der Waals surface area (Å²) < 4.78 is 14.2. The van der Waals surface area contributed by atoms with Crippen molar-refractivity contribution in [2.45, 2.75) is 43.7 Å². The van der Waals surface area contributed by atoms with E-state index in [4.69, 9.17) is 17.3 Å². The van der Waals surface area contributed by atoms with Crippen molar-refractivity contribution in [1.29, 1.82) is 0 Å². The number of nitrogens with one attached hydrogen (secondary N) is 1. The number of pyridine rings is 2. The van der Waals surface area contributed by atoms with Gasteiger partial charge in [0, 0.05) is 69.1 Å². The molecular formula is C25H24ClFN6. The quantitative estimate of drug-likeness (QED) is 0.425. The van der Waals surface area contributed by atoms with Gasteiger partial charge in [0.25, 0.3) is 0 Å². The fraction of sp³-hybridized carbons (Fsp3) is 0.320. The number of rotatable bonds is 3. The van der Waals surface area contributed by atoms with Crippen LogP contribution in [-0.4, -0.2) is 44.2 Å². The monoisotopic (exact) mass is 462 g/mol. The van der Waals surface area contributed by atoms with Crippen LogP contribution in [0.3, 0.4) is 0 Å². The Morgan fingerprint density at radius 3 is 2.64 bits per heavy atom. The van der Waals surface area contributed by atoms with Gasteiger partial charge in [0.15, 0.2) is 0 Å². The molecule has 3 N–H and O–H groups in total. The number of aromatic amines is 1. The molecule has 33 heavy (non-hydrogen) atoms. The van der Waals surface area contributed by atoms with E-state index < -0.39 is 0 Å². The minimum atomic E-state index is -0.358. The molecule has 2 aliphatic rings. The van der Waals surface area contributed by atoms with Gasteiger partial charge in [0.1, 0.15) is 11.6 Å². The first-order valence-electron chi connectivity index (χ1n) is 11.2. The highest BCUT2D eigenvalue weighted by Gasteiger charge is 2.40. The van der Waals surface area contributed by atoms with E-state index in [0.717, 1.165) is 29.7 Å². The van der Waals surface area contributed by atoms with Crippen molar-refractivity contribution in [3.05, 3.63) is 59.4 Å². The molecule has 2 atom stereocenters. The van der Waals surface area contributed by atoms with E-state index in [-0.39, 0.29) is 5.82 Å². The number of piperidine rings is 1. The lowest BCUT2D eigenvalue weighted by Gasteiger charge is -2.36. The largest absolute Gasteiger partial charge is 0.383 e. The Labute approximate surface area is 196 Å². The molecule has 2 unspecified atom stereocenters. The molecule has 4 aromatic rings. The van der Waals surface area contributed by atoms with Crippen molar-refractivity contribution in [2.75, 3.05) is 12.8 Å². The molecule has 2 bridgehead atoms. The van der Waals surface area contributed by atoms with E-state index in [1.54, 1.807) is 18.3 Å². The number of aromatic nitrogens is 4. The molecule has 6 nitrogen and oxygen atoms in total. The predicted molar refractivity (Wildman–Crippen MR) is 128 cm³/mol. The summed E-state index contributed by atoms with van der Waals surface area (Å²) >= 11 is 6.33. The first-order chi connectivity index (χ1) is 16.0. The summed E-state index contributed by atoms with van der Waals surface area (Å²) in [6.45, 7) is 0. The van der Waals surface area contributed by atoms with Crippen LogP contribution in [0.2, 0.25) is 5.02 Å². The Bertz CT molecular complexity index is 1350. The average Bonchev–Trinajstić information content (AvgIpc) is 3.37. The van der Waals surface area contributed by atoms with Crippen molar-refractivity contribution in [1.82, 2.24) is 25.1 Å². The SMILES string of the molecule is CN1C2CCC1CC(c1n[nH]cc1-c1cnc(N)c(-c3cc4c(Cl)ccc(F)c4cn3)c1)C2. The fourth-order valence-corrected chi connectivity index (χ4v) is 5.84. The highest BCUT2D eigenvalue weighted by atomic mass is 35.5. The Balaban J connectivity index is 1.40. The zero-order chi connectivity index (χ0) is 22.7. The van der Waals surface area contributed by atoms with Crippen LogP contribution >= 0.6 is 11.6 Å². The standard InChI is InChI=1S/C25H24ClFN6/c1-33-15-2-3-16(33)7-13(6-15)24-19(12-31-32-24)14-8-18(25(28)30-10-14)23-9-17-20(11-29-23)22(27)5-4-21(17)26/h4-5,8-13,15-16H,2-3,6-7H2,1H3,(H2,28,30)(H,31,32). The molecule has 1 aromatic carbocycles. The van der Waals surface area contributed by atoms with Gasteiger partial charge in [0.05, 0.1) is 11.4 Å². The number of hydrogen-bond donors (Lipinski definition) is 2. The lowest BCUT2D eigenvalue weighted by atomic mass is 9.86. The Kier molecular flexibility index (Phi) is 4.85. The summed E-state index contributed by atoms with van der Waals surface area (Å²) in [4.78, 5) is 11.4. The molecule has 0 aliphatic carbocycles. The number of fused-ring (bicyclic) bond motifs is 3. The summed E-state index contributed by atoms with van der Waals surface area (Å²) in [6.07, 6.45) is 9.99. The maximum Gasteiger partial charge on any atom is 0.132 e. The molecule has 2 saturated heterocycles. The third-order valence-electron chi connectivity index (χ3n) is 7.45. The Hall–Kier alpha value is -3.03. The predicted octanol–water partition coefficient (Wildman–Crippen LogP) is 5.40. The minimum absolute atomic E-state index is 0.358. The van der Waals surface area contributed by atoms with E-state index in [9.17, 15) is 4.39 Å². The molecule has 0 saturated carbocycles. The van der Waals surface area contributed by atoms with Crippen LogP contribution in [0.15, 0.2) is 42.9 Å². The topological polar surface area (TPSA) is 83.7 Å². The van der Waals surface area contributed by atoms with Crippen LogP contribution < -0.4 is 5.73 Å². The van der Waals surface area contributed by atoms with Crippen LogP contribution in [0.25, 0.3) is 33.2 Å². The van der Waals surface area contributed by atoms with Gasteiger partial charge in [-0.15, -0.1) is 0 Å². The number of nitrogen functional groups attached to an aromatic ring is 1. The van der Waals surface area contributed by atoms with Gasteiger partial charge in [-0.3, -0.25) is 10.1 Å². The molecule has 0 spiro atoms. The highest BCUT2D eigenvalue weighted by Crippen LogP contribution is 2.44. The van der Waals surface area contributed by atoms with Crippen LogP contribution in [0.1, 0.15) is 37.3 Å². The number of H-pyrrole nitrogens is 1. The molecule has 0 radical (unpaired) electrons. The van der Waals surface area contributed by atoms with E-state index in [1.807, 2.05) is 12.3 Å². The van der Waals surface area contributed by atoms with Crippen molar-refractivity contribution in [2.24, 2.45) is 0 Å². The maximum atomic E-state index is 14.2. The Morgan fingerprint density at radius 2 is 1.85 bits per heavy atom. The lowest BCUT2D eigenvalue weighted by molar-refractivity contribution is 0.160. The van der Waals surface area contributed by atoms with Crippen LogP contribution in [0.5, 0.6) is 0 Å². The fourth-order valence-electron chi connectivity index (χ4n) is 5.62. The normalized spacial score (nSPS) is 22.8. The van der Waals surface area contributed by atoms with Crippen molar-refractivity contribution in [3.63, 3.8) is 0 Å². The molecule has 5 heterocycles. The number of hydrogen-bond acceptors (Lipinski definition) is 5. The summed E-state index contributed by atoms with van der Waals surface area (Å²) in [6, 6.07) is 7.91. The molecule has 2 aliphatic heterocycles. The third kappa shape index (κ3) is 3.38. The maximum absolute atomic E-state index is 14.2. The molecule has 168 valence electrons. The molecule has 6 rings (SSSR count). The summed E-state index contributed by atoms with van der Waals surface area (Å²) in [7, 11) is 2.24. The second kappa shape index (κ2) is 7.78. The number of benzene rings is 1. The van der Waals surface area contributed by atoms with E-state index >= 15 is 0 Å². The summed E-state index contributed by atoms with van der Waals surface area (Å²) in [5.41, 5.74) is 10.6. The second-order valence-corrected chi connectivity index (χ2v) is 9.61. The van der Waals surface area contributed by atoms with Crippen LogP contribution in [-0.2, 0) is 0 Å². The molecule has 8 heteroatoms. The number of halogens is 2. The minimum Gasteiger partial charge on any atom is -0.383 e. The average molecular weight is 463 g/mol. The van der Waals surface area contributed by atoms with Gasteiger partial charge in [-0.1, -0.05) is 11.6 Å². The van der Waals surface area contributed by atoms with E-state index in [0.29, 0.717) is 50.9 Å². The zero-order valence-corrected chi connectivity index (χ0v) is 19.0. The first kappa shape index (κ1) is 20.6. The van der Waals surface area contributed by atoms with Gasteiger partial charge < -0.3 is 10.6 Å². The second-order valence-electron chi connectivity index (χ2n) is 9.20. The molecular weight excluding hydrogens is 439 g/mol. The van der Waals surface area contributed by atoms with Crippen molar-refractivity contribution < 1.29 is 4.39 Å². The first-order valence-corrected chi connectivity index (χ1v) is 11.6. The molecule has 3 aromatic heterocycles. The van der Waals surface area contributed by atoms with Crippen molar-refractivity contribution >= 4 is 28.2 Å². The molecule has 0 amide bonds. The third-order valence-corrected chi connectivity index (χ3v) is 7.78. The lowest BCUT2D eigenvalue weighted by Crippen LogP contribution is -2.39. The molecule has 2 fully saturated rings. The van der Waals surface area contributed by atoms with Crippen LogP contribution in [0, 0.1) is 5.82 Å². The number of anilines is 1. The van der Waals surface area contributed by atoms with Gasteiger partial charge >= 0.3 is 0 Å². The van der Waals surface area contributed by atoms with Gasteiger partial charge in [0.2, 0.25) is 0 Å². The van der Waals surface area contributed by atoms with Crippen molar-refractivity contribution in [3.8, 4) is 22.4 Å². The zero-order valence-electron chi connectivity index (χ0n) is 18.2. The summed E-state index contributed by atoms with van der Waals surface area (Å²) in [5.74, 6) is 0.422. The number of nitrogens with two attached hydrogens (primary N) is 1. The number of nitrogens with zero attached hydrogens (tertiary/aromatic N) is 4. The van der Waals surface area contributed by atoms with Crippen LogP contribution in [0.4, 0.5) is 10.2 Å². The van der Waals surface area contributed by atoms with Gasteiger partial charge in [-0.25, -0.2) is 9.37 Å². The smallest absolute Gasteiger partial charge is 0.132 e. The Morgan fingerprint density at radius 1 is 1.06 bits per heavy atom. The van der Waals surface area contributed by atoms with E-state index in [1.165, 1.54) is 25.1 Å². The summed E-state index contributed by atoms with van der Waals surface area (Å²) in [5, 5.41) is 9.15. The van der Waals surface area contributed by atoms with E-state index in [2.05, 4.69) is 32.1 Å². The van der Waals surface area contributed by atoms with Gasteiger partial charge in [-0.05, 0) is 57.0 Å². The highest BCUT2D eigenvalue weighted by molar-refractivity contribution is 6.35. The van der Waals surface area contributed by atoms with Gasteiger partial charge in [-0.2, -0.15) is 5.10 Å².